The van der Waals surface area contributed by atoms with Crippen molar-refractivity contribution in [3.8, 4) is 0 Å². The fourth-order valence-corrected chi connectivity index (χ4v) is 1.86. The van der Waals surface area contributed by atoms with Crippen LogP contribution in [0.4, 0.5) is 5.69 Å². The van der Waals surface area contributed by atoms with Crippen LogP contribution < -0.4 is 0 Å². The molecule has 1 aromatic rings. The molecule has 0 saturated heterocycles. The Hall–Kier alpha value is -0.220. The summed E-state index contributed by atoms with van der Waals surface area (Å²) in [6.07, 6.45) is 3.74. The lowest BCUT2D eigenvalue weighted by molar-refractivity contribution is -0.384. The van der Waals surface area contributed by atoms with Crippen LogP contribution in [0, 0.1) is 13.7 Å². The lowest BCUT2D eigenvalue weighted by Crippen LogP contribution is -1.89. The highest BCUT2D eigenvalue weighted by Gasteiger charge is 2.06. The number of halogens is 2. The third kappa shape index (κ3) is 4.03. The maximum Gasteiger partial charge on any atom is 0.270 e. The summed E-state index contributed by atoms with van der Waals surface area (Å²) in [5.74, 6) is 0. The molecule has 0 atom stereocenters. The van der Waals surface area contributed by atoms with Gasteiger partial charge in [-0.05, 0) is 34.2 Å². The molecule has 80 valence electrons. The van der Waals surface area contributed by atoms with Crippen LogP contribution in [0.2, 0.25) is 0 Å². The Morgan fingerprint density at radius 2 is 2.27 bits per heavy atom. The van der Waals surface area contributed by atoms with Gasteiger partial charge in [0.1, 0.15) is 23.0 Å². The van der Waals surface area contributed by atoms with Gasteiger partial charge in [-0.25, -0.2) is 0 Å². The van der Waals surface area contributed by atoms with E-state index in [0.717, 1.165) is 9.13 Å². The average Bonchev–Trinajstić information content (AvgIpc) is 2.20. The molecule has 0 amide bonds. The van der Waals surface area contributed by atoms with Crippen LogP contribution in [0.25, 0.3) is 6.08 Å². The van der Waals surface area contributed by atoms with Gasteiger partial charge in [0, 0.05) is 15.7 Å². The fraction of sp³-hybridized carbons (Fsp3) is 0.111. The van der Waals surface area contributed by atoms with Crippen molar-refractivity contribution in [2.45, 2.75) is 0 Å². The van der Waals surface area contributed by atoms with Crippen LogP contribution in [0.3, 0.4) is 0 Å². The van der Waals surface area contributed by atoms with Crippen molar-refractivity contribution in [2.75, 3.05) is 6.61 Å². The molecule has 0 unspecified atom stereocenters. The van der Waals surface area contributed by atoms with Gasteiger partial charge in [-0.2, -0.15) is 0 Å². The minimum absolute atomic E-state index is 0.113. The van der Waals surface area contributed by atoms with E-state index >= 15 is 0 Å². The molecule has 0 fully saturated rings. The molecular weight excluding hydrogens is 424 g/mol. The number of nitro benzene ring substituents is 1. The molecule has 15 heavy (non-hydrogen) atoms. The lowest BCUT2D eigenvalue weighted by Gasteiger charge is -1.98. The number of nitrogens with zero attached hydrogens (tertiary/aromatic N) is 1. The topological polar surface area (TPSA) is 52.4 Å². The van der Waals surface area contributed by atoms with Crippen molar-refractivity contribution >= 4 is 57.4 Å². The molecule has 6 heteroatoms. The van der Waals surface area contributed by atoms with Gasteiger partial charge in [0.15, 0.2) is 0 Å². The fourth-order valence-electron chi connectivity index (χ4n) is 0.976. The Balaban J connectivity index is 2.88. The molecule has 0 aliphatic carbocycles. The molecule has 0 aromatic heterocycles. The number of nitro groups is 1. The summed E-state index contributed by atoms with van der Waals surface area (Å²) in [7, 11) is 0. The normalized spacial score (nSPS) is 10.8. The summed E-state index contributed by atoms with van der Waals surface area (Å²) in [6.45, 7) is 0.521. The Kier molecular flexibility index (Phi) is 5.47. The maximum absolute atomic E-state index is 10.5. The van der Waals surface area contributed by atoms with E-state index < -0.39 is 4.92 Å². The first-order chi connectivity index (χ1) is 7.15. The van der Waals surface area contributed by atoms with Gasteiger partial charge < -0.3 is 3.07 Å². The molecular formula is C9H7I2NO3. The van der Waals surface area contributed by atoms with Crippen LogP contribution in [0.5, 0.6) is 0 Å². The molecule has 0 heterocycles. The number of benzene rings is 1. The second-order valence-electron chi connectivity index (χ2n) is 2.64. The molecule has 0 saturated carbocycles. The van der Waals surface area contributed by atoms with Gasteiger partial charge in [0.05, 0.1) is 11.5 Å². The van der Waals surface area contributed by atoms with Crippen LogP contribution in [0.1, 0.15) is 5.56 Å². The second kappa shape index (κ2) is 6.38. The van der Waals surface area contributed by atoms with Crippen molar-refractivity contribution in [3.05, 3.63) is 43.5 Å². The lowest BCUT2D eigenvalue weighted by atomic mass is 10.2. The Morgan fingerprint density at radius 1 is 1.53 bits per heavy atom. The quantitative estimate of drug-likeness (QED) is 0.417. The first-order valence-corrected chi connectivity index (χ1v) is 5.95. The average molecular weight is 431 g/mol. The zero-order valence-electron chi connectivity index (χ0n) is 7.52. The van der Waals surface area contributed by atoms with Crippen molar-refractivity contribution in [3.63, 3.8) is 0 Å². The van der Waals surface area contributed by atoms with E-state index in [1.165, 1.54) is 6.07 Å². The van der Waals surface area contributed by atoms with E-state index in [-0.39, 0.29) is 5.69 Å². The van der Waals surface area contributed by atoms with Gasteiger partial charge in [0.2, 0.25) is 0 Å². The molecule has 0 N–H and O–H groups in total. The van der Waals surface area contributed by atoms with E-state index in [2.05, 4.69) is 22.6 Å². The van der Waals surface area contributed by atoms with Crippen molar-refractivity contribution in [2.24, 2.45) is 0 Å². The predicted octanol–water partition coefficient (Wildman–Crippen LogP) is 3.58. The molecule has 1 rings (SSSR count). The summed E-state index contributed by atoms with van der Waals surface area (Å²) < 4.78 is 5.69. The van der Waals surface area contributed by atoms with Crippen LogP contribution in [-0.4, -0.2) is 11.5 Å². The first kappa shape index (κ1) is 12.8. The summed E-state index contributed by atoms with van der Waals surface area (Å²) in [6, 6.07) is 4.77. The molecule has 1 aromatic carbocycles. The SMILES string of the molecule is O=[N+]([O-])c1ccc(/C=C/COI)c(I)c1. The molecule has 4 nitrogen and oxygen atoms in total. The van der Waals surface area contributed by atoms with Gasteiger partial charge >= 0.3 is 0 Å². The highest BCUT2D eigenvalue weighted by molar-refractivity contribution is 14.1. The van der Waals surface area contributed by atoms with E-state index in [1.807, 2.05) is 35.2 Å². The minimum Gasteiger partial charge on any atom is -0.312 e. The van der Waals surface area contributed by atoms with Gasteiger partial charge in [-0.3, -0.25) is 10.1 Å². The molecule has 0 spiro atoms. The zero-order chi connectivity index (χ0) is 11.3. The highest BCUT2D eigenvalue weighted by Crippen LogP contribution is 2.20. The minimum atomic E-state index is -0.399. The van der Waals surface area contributed by atoms with E-state index in [0.29, 0.717) is 6.61 Å². The van der Waals surface area contributed by atoms with Gasteiger partial charge in [-0.15, -0.1) is 0 Å². The second-order valence-corrected chi connectivity index (χ2v) is 4.43. The molecule has 0 bridgehead atoms. The van der Waals surface area contributed by atoms with Crippen molar-refractivity contribution in [1.29, 1.82) is 0 Å². The smallest absolute Gasteiger partial charge is 0.270 e. The number of non-ortho nitro benzene ring substituents is 1. The van der Waals surface area contributed by atoms with E-state index in [1.54, 1.807) is 12.1 Å². The predicted molar refractivity (Wildman–Crippen MR) is 74.8 cm³/mol. The van der Waals surface area contributed by atoms with Crippen molar-refractivity contribution in [1.82, 2.24) is 0 Å². The Morgan fingerprint density at radius 3 is 2.80 bits per heavy atom. The summed E-state index contributed by atoms with van der Waals surface area (Å²) >= 11 is 3.88. The van der Waals surface area contributed by atoms with Crippen LogP contribution >= 0.6 is 45.6 Å². The third-order valence-corrected chi connectivity index (χ3v) is 2.95. The Labute approximate surface area is 115 Å². The van der Waals surface area contributed by atoms with E-state index in [9.17, 15) is 10.1 Å². The summed E-state index contributed by atoms with van der Waals surface area (Å²) in [5, 5.41) is 10.5. The van der Waals surface area contributed by atoms with E-state index in [4.69, 9.17) is 3.07 Å². The Bertz CT molecular complexity index is 393. The van der Waals surface area contributed by atoms with Crippen molar-refractivity contribution < 1.29 is 7.99 Å². The number of hydrogen-bond acceptors (Lipinski definition) is 3. The number of hydrogen-bond donors (Lipinski definition) is 0. The largest absolute Gasteiger partial charge is 0.312 e. The molecule has 0 aliphatic heterocycles. The summed E-state index contributed by atoms with van der Waals surface area (Å²) in [4.78, 5) is 10.1. The van der Waals surface area contributed by atoms with Gasteiger partial charge in [0.25, 0.3) is 5.69 Å². The third-order valence-electron chi connectivity index (χ3n) is 1.65. The zero-order valence-corrected chi connectivity index (χ0v) is 11.8. The maximum atomic E-state index is 10.5. The van der Waals surface area contributed by atoms with Gasteiger partial charge in [-0.1, -0.05) is 12.2 Å². The molecule has 0 radical (unpaired) electrons. The molecule has 0 aliphatic rings. The van der Waals surface area contributed by atoms with Crippen LogP contribution in [0.15, 0.2) is 24.3 Å². The highest BCUT2D eigenvalue weighted by atomic mass is 127. The first-order valence-electron chi connectivity index (χ1n) is 3.99. The number of rotatable bonds is 4. The summed E-state index contributed by atoms with van der Waals surface area (Å²) in [5.41, 5.74) is 1.07. The van der Waals surface area contributed by atoms with Crippen LogP contribution in [-0.2, 0) is 3.07 Å². The standard InChI is InChI=1S/C9H7I2NO3/c10-9-6-8(12(13)14)4-3-7(9)2-1-5-15-11/h1-4,6H,5H2/b2-1+. The monoisotopic (exact) mass is 431 g/mol.